The third-order valence-electron chi connectivity index (χ3n) is 3.02. The molecule has 1 heterocycles. The number of halogens is 1. The average Bonchev–Trinajstić information content (AvgIpc) is 2.64. The Morgan fingerprint density at radius 3 is 2.82 bits per heavy atom. The Morgan fingerprint density at radius 2 is 2.18 bits per heavy atom. The van der Waals surface area contributed by atoms with Crippen molar-refractivity contribution in [2.24, 2.45) is 0 Å². The molecule has 0 amide bonds. The fourth-order valence-corrected chi connectivity index (χ4v) is 2.27. The van der Waals surface area contributed by atoms with Crippen LogP contribution in [0.15, 0.2) is 18.2 Å². The molecular formula is C14H19ClN2. The molecule has 2 aromatic rings. The second-order valence-electron chi connectivity index (χ2n) is 4.58. The normalized spacial score (nSPS) is 13.2. The van der Waals surface area contributed by atoms with E-state index in [9.17, 15) is 0 Å². The minimum absolute atomic E-state index is 0.0421. The van der Waals surface area contributed by atoms with Crippen LogP contribution in [0.1, 0.15) is 43.5 Å². The van der Waals surface area contributed by atoms with E-state index in [-0.39, 0.29) is 5.38 Å². The fraction of sp³-hybridized carbons (Fsp3) is 0.500. The molecule has 0 bridgehead atoms. The van der Waals surface area contributed by atoms with Gasteiger partial charge >= 0.3 is 0 Å². The van der Waals surface area contributed by atoms with Crippen molar-refractivity contribution in [1.29, 1.82) is 0 Å². The molecule has 0 aliphatic carbocycles. The SMILES string of the molecule is CCCCn1c(C(C)Cl)nc2ccc(C)cc21. The van der Waals surface area contributed by atoms with Crippen LogP contribution in [0.25, 0.3) is 11.0 Å². The second kappa shape index (κ2) is 5.09. The summed E-state index contributed by atoms with van der Waals surface area (Å²) in [5, 5.41) is -0.0421. The second-order valence-corrected chi connectivity index (χ2v) is 5.24. The molecular weight excluding hydrogens is 232 g/mol. The number of benzene rings is 1. The standard InChI is InChI=1S/C14H19ClN2/c1-4-5-8-17-13-9-10(2)6-7-12(13)16-14(17)11(3)15/h6-7,9,11H,4-5,8H2,1-3H3. The molecule has 2 nitrogen and oxygen atoms in total. The van der Waals surface area contributed by atoms with Gasteiger partial charge in [-0.3, -0.25) is 0 Å². The number of hydrogen-bond donors (Lipinski definition) is 0. The highest BCUT2D eigenvalue weighted by molar-refractivity contribution is 6.20. The van der Waals surface area contributed by atoms with Crippen molar-refractivity contribution in [1.82, 2.24) is 9.55 Å². The summed E-state index contributed by atoms with van der Waals surface area (Å²) in [6.07, 6.45) is 2.34. The summed E-state index contributed by atoms with van der Waals surface area (Å²) in [7, 11) is 0. The Kier molecular flexibility index (Phi) is 3.72. The van der Waals surface area contributed by atoms with E-state index in [1.165, 1.54) is 17.5 Å². The van der Waals surface area contributed by atoms with Gasteiger partial charge in [0, 0.05) is 6.54 Å². The van der Waals surface area contributed by atoms with Crippen molar-refractivity contribution in [3.63, 3.8) is 0 Å². The Labute approximate surface area is 108 Å². The first-order valence-corrected chi connectivity index (χ1v) is 6.68. The minimum Gasteiger partial charge on any atom is -0.327 e. The number of imidazole rings is 1. The predicted molar refractivity (Wildman–Crippen MR) is 73.6 cm³/mol. The van der Waals surface area contributed by atoms with Crippen LogP contribution >= 0.6 is 11.6 Å². The quantitative estimate of drug-likeness (QED) is 0.734. The first kappa shape index (κ1) is 12.4. The van der Waals surface area contributed by atoms with Crippen LogP contribution in [0.3, 0.4) is 0 Å². The van der Waals surface area contributed by atoms with Gasteiger partial charge in [-0.2, -0.15) is 0 Å². The van der Waals surface area contributed by atoms with Gasteiger partial charge < -0.3 is 4.57 Å². The first-order valence-electron chi connectivity index (χ1n) is 6.24. The maximum atomic E-state index is 6.22. The summed E-state index contributed by atoms with van der Waals surface area (Å²) >= 11 is 6.22. The van der Waals surface area contributed by atoms with Gasteiger partial charge in [0.05, 0.1) is 16.4 Å². The summed E-state index contributed by atoms with van der Waals surface area (Å²) in [4.78, 5) is 4.64. The van der Waals surface area contributed by atoms with E-state index >= 15 is 0 Å². The van der Waals surface area contributed by atoms with E-state index in [0.717, 1.165) is 24.3 Å². The summed E-state index contributed by atoms with van der Waals surface area (Å²) in [6, 6.07) is 6.37. The van der Waals surface area contributed by atoms with Gasteiger partial charge in [-0.25, -0.2) is 4.98 Å². The number of nitrogens with zero attached hydrogens (tertiary/aromatic N) is 2. The molecule has 0 aliphatic rings. The number of hydrogen-bond acceptors (Lipinski definition) is 1. The molecule has 1 aromatic heterocycles. The molecule has 1 aromatic carbocycles. The van der Waals surface area contributed by atoms with Crippen molar-refractivity contribution in [2.45, 2.75) is 45.5 Å². The van der Waals surface area contributed by atoms with Gasteiger partial charge in [0.2, 0.25) is 0 Å². The number of rotatable bonds is 4. The number of alkyl halides is 1. The fourth-order valence-electron chi connectivity index (χ4n) is 2.11. The van der Waals surface area contributed by atoms with Gasteiger partial charge in [0.25, 0.3) is 0 Å². The molecule has 92 valence electrons. The van der Waals surface area contributed by atoms with E-state index in [2.05, 4.69) is 41.6 Å². The summed E-state index contributed by atoms with van der Waals surface area (Å²) < 4.78 is 2.27. The summed E-state index contributed by atoms with van der Waals surface area (Å²) in [6.45, 7) is 7.30. The molecule has 0 aliphatic heterocycles. The Balaban J connectivity index is 2.56. The molecule has 0 spiro atoms. The molecule has 0 saturated heterocycles. The molecule has 2 rings (SSSR count). The van der Waals surface area contributed by atoms with E-state index in [4.69, 9.17) is 11.6 Å². The summed E-state index contributed by atoms with van der Waals surface area (Å²) in [5.74, 6) is 0.987. The van der Waals surface area contributed by atoms with Crippen LogP contribution in [0.4, 0.5) is 0 Å². The lowest BCUT2D eigenvalue weighted by Gasteiger charge is -2.09. The van der Waals surface area contributed by atoms with Crippen molar-refractivity contribution in [3.8, 4) is 0 Å². The molecule has 0 fully saturated rings. The van der Waals surface area contributed by atoms with E-state index < -0.39 is 0 Å². The molecule has 1 unspecified atom stereocenters. The van der Waals surface area contributed by atoms with Crippen LogP contribution in [0, 0.1) is 6.92 Å². The zero-order valence-corrected chi connectivity index (χ0v) is 11.5. The smallest absolute Gasteiger partial charge is 0.127 e. The maximum absolute atomic E-state index is 6.22. The largest absolute Gasteiger partial charge is 0.327 e. The van der Waals surface area contributed by atoms with Crippen molar-refractivity contribution in [2.75, 3.05) is 0 Å². The lowest BCUT2D eigenvalue weighted by atomic mass is 10.2. The third kappa shape index (κ3) is 2.47. The third-order valence-corrected chi connectivity index (χ3v) is 3.22. The molecule has 3 heteroatoms. The average molecular weight is 251 g/mol. The predicted octanol–water partition coefficient (Wildman–Crippen LogP) is 4.44. The Hall–Kier alpha value is -1.02. The highest BCUT2D eigenvalue weighted by Crippen LogP contribution is 2.25. The van der Waals surface area contributed by atoms with E-state index in [0.29, 0.717) is 0 Å². The highest BCUT2D eigenvalue weighted by atomic mass is 35.5. The number of fused-ring (bicyclic) bond motifs is 1. The Morgan fingerprint density at radius 1 is 1.41 bits per heavy atom. The molecule has 0 N–H and O–H groups in total. The lowest BCUT2D eigenvalue weighted by Crippen LogP contribution is -2.04. The first-order chi connectivity index (χ1) is 8.13. The van der Waals surface area contributed by atoms with Crippen LogP contribution < -0.4 is 0 Å². The van der Waals surface area contributed by atoms with Gasteiger partial charge in [0.15, 0.2) is 0 Å². The monoisotopic (exact) mass is 250 g/mol. The van der Waals surface area contributed by atoms with E-state index in [1.54, 1.807) is 0 Å². The minimum atomic E-state index is -0.0421. The molecule has 1 atom stereocenters. The van der Waals surface area contributed by atoms with Gasteiger partial charge in [-0.15, -0.1) is 11.6 Å². The molecule has 0 radical (unpaired) electrons. The van der Waals surface area contributed by atoms with Crippen LogP contribution in [-0.4, -0.2) is 9.55 Å². The lowest BCUT2D eigenvalue weighted by molar-refractivity contribution is 0.616. The zero-order valence-electron chi connectivity index (χ0n) is 10.7. The van der Waals surface area contributed by atoms with Crippen LogP contribution in [0.2, 0.25) is 0 Å². The number of aromatic nitrogens is 2. The zero-order chi connectivity index (χ0) is 12.4. The Bertz CT molecular complexity index is 514. The van der Waals surface area contributed by atoms with Crippen molar-refractivity contribution >= 4 is 22.6 Å². The molecule has 0 saturated carbocycles. The number of aryl methyl sites for hydroxylation is 2. The van der Waals surface area contributed by atoms with Crippen LogP contribution in [-0.2, 0) is 6.54 Å². The topological polar surface area (TPSA) is 17.8 Å². The highest BCUT2D eigenvalue weighted by Gasteiger charge is 2.14. The van der Waals surface area contributed by atoms with Crippen LogP contribution in [0.5, 0.6) is 0 Å². The maximum Gasteiger partial charge on any atom is 0.127 e. The van der Waals surface area contributed by atoms with Gasteiger partial charge in [-0.05, 0) is 38.0 Å². The van der Waals surface area contributed by atoms with E-state index in [1.807, 2.05) is 6.92 Å². The van der Waals surface area contributed by atoms with Crippen molar-refractivity contribution in [3.05, 3.63) is 29.6 Å². The number of unbranched alkanes of at least 4 members (excludes halogenated alkanes) is 1. The molecule has 17 heavy (non-hydrogen) atoms. The van der Waals surface area contributed by atoms with Gasteiger partial charge in [0.1, 0.15) is 5.82 Å². The summed E-state index contributed by atoms with van der Waals surface area (Å²) in [5.41, 5.74) is 3.53. The van der Waals surface area contributed by atoms with Gasteiger partial charge in [-0.1, -0.05) is 19.4 Å². The van der Waals surface area contributed by atoms with Crippen molar-refractivity contribution < 1.29 is 0 Å².